The van der Waals surface area contributed by atoms with Gasteiger partial charge in [0.2, 0.25) is 0 Å². The van der Waals surface area contributed by atoms with Gasteiger partial charge >= 0.3 is 0 Å². The molecule has 5 heteroatoms. The third-order valence-electron chi connectivity index (χ3n) is 2.48. The molecule has 0 aliphatic heterocycles. The Bertz CT molecular complexity index is 610. The van der Waals surface area contributed by atoms with Gasteiger partial charge in [0.05, 0.1) is 0 Å². The van der Waals surface area contributed by atoms with Crippen molar-refractivity contribution in [3.05, 3.63) is 55.7 Å². The maximum Gasteiger partial charge on any atom is 0.194 e. The van der Waals surface area contributed by atoms with Gasteiger partial charge in [-0.15, -0.1) is 6.07 Å². The van der Waals surface area contributed by atoms with E-state index in [1.807, 2.05) is 25.1 Å². The Kier molecular flexibility index (Phi) is 6.45. The molecule has 1 aromatic heterocycles. The molecule has 1 aromatic carbocycles. The third kappa shape index (κ3) is 3.41. The predicted molar refractivity (Wildman–Crippen MR) is 76.0 cm³/mol. The molecule has 0 unspecified atom stereocenters. The van der Waals surface area contributed by atoms with Crippen molar-refractivity contribution in [2.75, 3.05) is 0 Å². The number of hydrogen-bond acceptors (Lipinski definition) is 1. The van der Waals surface area contributed by atoms with Crippen molar-refractivity contribution < 1.29 is 32.7 Å². The van der Waals surface area contributed by atoms with Crippen LogP contribution in [0.2, 0.25) is 0 Å². The normalized spacial score (nSPS) is 9.94. The van der Waals surface area contributed by atoms with E-state index in [0.29, 0.717) is 6.54 Å². The van der Waals surface area contributed by atoms with Gasteiger partial charge in [-0.05, 0) is 17.5 Å². The molecule has 91 valence electrons. The van der Waals surface area contributed by atoms with Crippen LogP contribution in [0.5, 0.6) is 0 Å². The first-order valence-electron chi connectivity index (χ1n) is 5.20. The summed E-state index contributed by atoms with van der Waals surface area (Å²) in [6.45, 7) is 2.58. The van der Waals surface area contributed by atoms with Gasteiger partial charge in [-0.2, -0.15) is 12.1 Å². The molecule has 0 spiro atoms. The predicted octanol–water partition coefficient (Wildman–Crippen LogP) is 3.86. The number of benzene rings is 1. The van der Waals surface area contributed by atoms with Crippen LogP contribution in [-0.2, 0) is 39.3 Å². The average molecular weight is 445 g/mol. The molecule has 1 heterocycles. The first-order valence-corrected chi connectivity index (χ1v) is 6.79. The smallest absolute Gasteiger partial charge is 0.194 e. The third-order valence-corrected chi connectivity index (χ3v) is 3.63. The summed E-state index contributed by atoms with van der Waals surface area (Å²) in [7, 11) is 0. The number of nitrogens with zero attached hydrogens (tertiary/aromatic N) is 1. The SMILES string of the molecule is CCn1c(-c2ccc(Br)cc2Br)[c-]ccc1=O.[Y]. The monoisotopic (exact) mass is 443 g/mol. The molecule has 0 atom stereocenters. The van der Waals surface area contributed by atoms with Crippen LogP contribution in [-0.4, -0.2) is 4.57 Å². The molecule has 0 saturated carbocycles. The summed E-state index contributed by atoms with van der Waals surface area (Å²) in [5, 5.41) is 0. The molecule has 2 nitrogen and oxygen atoms in total. The molecule has 0 N–H and O–H groups in total. The molecule has 2 rings (SSSR count). The van der Waals surface area contributed by atoms with E-state index in [-0.39, 0.29) is 38.3 Å². The molecular formula is C13H10Br2NOY-. The maximum absolute atomic E-state index is 11.7. The number of hydrogen-bond donors (Lipinski definition) is 0. The first kappa shape index (κ1) is 16.3. The van der Waals surface area contributed by atoms with Crippen LogP contribution in [0.4, 0.5) is 0 Å². The van der Waals surface area contributed by atoms with E-state index in [9.17, 15) is 4.79 Å². The van der Waals surface area contributed by atoms with Crippen molar-refractivity contribution >= 4 is 31.9 Å². The fraction of sp³-hybridized carbons (Fsp3) is 0.154. The minimum atomic E-state index is -0.00364. The van der Waals surface area contributed by atoms with Crippen LogP contribution >= 0.6 is 31.9 Å². The van der Waals surface area contributed by atoms with E-state index in [1.54, 1.807) is 10.6 Å². The van der Waals surface area contributed by atoms with Crippen molar-refractivity contribution in [3.63, 3.8) is 0 Å². The van der Waals surface area contributed by atoms with Gasteiger partial charge in [-0.25, -0.2) is 0 Å². The zero-order chi connectivity index (χ0) is 12.4. The van der Waals surface area contributed by atoms with E-state index in [4.69, 9.17) is 0 Å². The molecule has 0 aliphatic carbocycles. The summed E-state index contributed by atoms with van der Waals surface area (Å²) in [6.07, 6.45) is 0. The Morgan fingerprint density at radius 3 is 2.61 bits per heavy atom. The van der Waals surface area contributed by atoms with E-state index in [0.717, 1.165) is 20.2 Å². The van der Waals surface area contributed by atoms with Crippen LogP contribution in [0, 0.1) is 6.07 Å². The van der Waals surface area contributed by atoms with E-state index < -0.39 is 0 Å². The van der Waals surface area contributed by atoms with Gasteiger partial charge in [0.1, 0.15) is 0 Å². The Labute approximate surface area is 148 Å². The Morgan fingerprint density at radius 1 is 1.28 bits per heavy atom. The largest absolute Gasteiger partial charge is 0.343 e. The molecule has 0 aliphatic rings. The molecule has 2 aromatic rings. The molecule has 0 saturated heterocycles. The van der Waals surface area contributed by atoms with Crippen LogP contribution in [0.25, 0.3) is 11.3 Å². The second-order valence-corrected chi connectivity index (χ2v) is 5.30. The Balaban J connectivity index is 0.00000162. The van der Waals surface area contributed by atoms with E-state index in [2.05, 4.69) is 37.9 Å². The topological polar surface area (TPSA) is 22.0 Å². The van der Waals surface area contributed by atoms with E-state index >= 15 is 0 Å². The van der Waals surface area contributed by atoms with Gasteiger partial charge < -0.3 is 4.57 Å². The minimum Gasteiger partial charge on any atom is -0.343 e. The molecular weight excluding hydrogens is 435 g/mol. The van der Waals surface area contributed by atoms with Crippen molar-refractivity contribution in [1.29, 1.82) is 0 Å². The van der Waals surface area contributed by atoms with Crippen LogP contribution in [0.3, 0.4) is 0 Å². The summed E-state index contributed by atoms with van der Waals surface area (Å²) in [4.78, 5) is 11.7. The molecule has 0 bridgehead atoms. The molecule has 0 amide bonds. The Morgan fingerprint density at radius 2 is 2.00 bits per heavy atom. The summed E-state index contributed by atoms with van der Waals surface area (Å²) in [6, 6.07) is 12.2. The van der Waals surface area contributed by atoms with Crippen molar-refractivity contribution in [1.82, 2.24) is 4.57 Å². The summed E-state index contributed by atoms with van der Waals surface area (Å²) in [5.41, 5.74) is 1.77. The van der Waals surface area contributed by atoms with E-state index in [1.165, 1.54) is 6.07 Å². The fourth-order valence-electron chi connectivity index (χ4n) is 1.69. The van der Waals surface area contributed by atoms with Crippen LogP contribution in [0.15, 0.2) is 44.1 Å². The number of rotatable bonds is 2. The van der Waals surface area contributed by atoms with Crippen LogP contribution < -0.4 is 5.56 Å². The van der Waals surface area contributed by atoms with Crippen molar-refractivity contribution in [3.8, 4) is 11.3 Å². The number of pyridine rings is 1. The van der Waals surface area contributed by atoms with Crippen molar-refractivity contribution in [2.24, 2.45) is 0 Å². The second kappa shape index (κ2) is 7.13. The van der Waals surface area contributed by atoms with Gasteiger partial charge in [0.15, 0.2) is 5.56 Å². The minimum absolute atomic E-state index is 0. The number of aromatic nitrogens is 1. The first-order chi connectivity index (χ1) is 8.13. The maximum atomic E-state index is 11.7. The Hall–Kier alpha value is 0.234. The summed E-state index contributed by atoms with van der Waals surface area (Å²) < 4.78 is 3.64. The van der Waals surface area contributed by atoms with Gasteiger partial charge in [0.25, 0.3) is 0 Å². The van der Waals surface area contributed by atoms with Crippen LogP contribution in [0.1, 0.15) is 6.92 Å². The van der Waals surface area contributed by atoms with Gasteiger partial charge in [-0.3, -0.25) is 4.79 Å². The second-order valence-electron chi connectivity index (χ2n) is 3.53. The fourth-order valence-corrected chi connectivity index (χ4v) is 2.92. The number of halogens is 2. The molecule has 1 radical (unpaired) electrons. The summed E-state index contributed by atoms with van der Waals surface area (Å²) >= 11 is 6.92. The quantitative estimate of drug-likeness (QED) is 0.645. The standard InChI is InChI=1S/C13H10Br2NO.Y/c1-2-16-12(4-3-5-13(16)17)10-7-6-9(14)8-11(10)15;/h3,5-8H,2H2,1H3;/q-1;. The zero-order valence-electron chi connectivity index (χ0n) is 9.78. The van der Waals surface area contributed by atoms with Gasteiger partial charge in [-0.1, -0.05) is 55.3 Å². The van der Waals surface area contributed by atoms with Crippen molar-refractivity contribution in [2.45, 2.75) is 13.5 Å². The summed E-state index contributed by atoms with van der Waals surface area (Å²) in [5.74, 6) is 0. The zero-order valence-corrected chi connectivity index (χ0v) is 15.8. The van der Waals surface area contributed by atoms with Gasteiger partial charge in [0, 0.05) is 43.7 Å². The molecule has 18 heavy (non-hydrogen) atoms. The average Bonchev–Trinajstić information content (AvgIpc) is 2.29. The molecule has 0 fully saturated rings.